The molecule has 2 aromatic carbocycles. The Kier molecular flexibility index (Phi) is 4.26. The van der Waals surface area contributed by atoms with Gasteiger partial charge in [-0.1, -0.05) is 42.5 Å². The van der Waals surface area contributed by atoms with Crippen LogP contribution < -0.4 is 0 Å². The fourth-order valence-corrected chi connectivity index (χ4v) is 4.03. The summed E-state index contributed by atoms with van der Waals surface area (Å²) < 4.78 is 5.81. The number of rotatable bonds is 4. The van der Waals surface area contributed by atoms with Crippen LogP contribution in [0, 0.1) is 0 Å². The number of benzene rings is 2. The summed E-state index contributed by atoms with van der Waals surface area (Å²) in [5, 5.41) is 0.218. The Morgan fingerprint density at radius 3 is 2.50 bits per heavy atom. The van der Waals surface area contributed by atoms with E-state index in [9.17, 15) is 4.79 Å². The first-order valence-electron chi connectivity index (χ1n) is 8.17. The van der Waals surface area contributed by atoms with E-state index in [1.165, 1.54) is 11.8 Å². The summed E-state index contributed by atoms with van der Waals surface area (Å²) in [5.41, 5.74) is 2.56. The van der Waals surface area contributed by atoms with Crippen molar-refractivity contribution in [3.63, 3.8) is 0 Å². The molecule has 1 fully saturated rings. The minimum absolute atomic E-state index is 0.144. The number of nitrogens with zero attached hydrogens (tertiary/aromatic N) is 2. The number of oxazole rings is 1. The minimum atomic E-state index is -0.322. The van der Waals surface area contributed by atoms with E-state index >= 15 is 0 Å². The maximum atomic E-state index is 13.0. The van der Waals surface area contributed by atoms with Gasteiger partial charge in [0, 0.05) is 13.1 Å². The van der Waals surface area contributed by atoms with Crippen LogP contribution in [-0.4, -0.2) is 28.9 Å². The summed E-state index contributed by atoms with van der Waals surface area (Å²) in [6.45, 7) is 1.69. The standard InChI is InChI=1S/C19H18N2O2S/c22-18(21-12-6-7-13-21)17(14-8-2-1-3-9-14)24-19-20-15-10-4-5-11-16(15)23-19/h1-5,8-11,17H,6-7,12-13H2/t17-/m0/s1. The van der Waals surface area contributed by atoms with Crippen molar-refractivity contribution >= 4 is 28.8 Å². The van der Waals surface area contributed by atoms with Crippen molar-refractivity contribution in [3.8, 4) is 0 Å². The van der Waals surface area contributed by atoms with Crippen LogP contribution >= 0.6 is 11.8 Å². The number of fused-ring (bicyclic) bond motifs is 1. The van der Waals surface area contributed by atoms with Gasteiger partial charge in [0.25, 0.3) is 5.22 Å². The molecule has 1 aliphatic rings. The normalized spacial score (nSPS) is 15.8. The van der Waals surface area contributed by atoms with Crippen LogP contribution in [0.2, 0.25) is 0 Å². The highest BCUT2D eigenvalue weighted by Crippen LogP contribution is 2.38. The van der Waals surface area contributed by atoms with Gasteiger partial charge in [-0.25, -0.2) is 4.98 Å². The van der Waals surface area contributed by atoms with E-state index in [1.54, 1.807) is 0 Å². The molecule has 1 atom stereocenters. The number of carbonyl (C=O) groups excluding carboxylic acids is 1. The molecule has 0 bridgehead atoms. The van der Waals surface area contributed by atoms with Gasteiger partial charge in [-0.2, -0.15) is 0 Å². The third-order valence-electron chi connectivity index (χ3n) is 4.24. The Hall–Kier alpha value is -2.27. The Labute approximate surface area is 144 Å². The molecular formula is C19H18N2O2S. The van der Waals surface area contributed by atoms with Crippen LogP contribution in [0.1, 0.15) is 23.7 Å². The molecule has 1 saturated heterocycles. The van der Waals surface area contributed by atoms with Gasteiger partial charge in [0.15, 0.2) is 5.58 Å². The zero-order chi connectivity index (χ0) is 16.4. The second-order valence-electron chi connectivity index (χ2n) is 5.89. The van der Waals surface area contributed by atoms with Gasteiger partial charge in [0.2, 0.25) is 5.91 Å². The first-order chi connectivity index (χ1) is 11.8. The van der Waals surface area contributed by atoms with Crippen LogP contribution in [0.4, 0.5) is 0 Å². The van der Waals surface area contributed by atoms with Gasteiger partial charge < -0.3 is 9.32 Å². The maximum Gasteiger partial charge on any atom is 0.257 e. The number of hydrogen-bond acceptors (Lipinski definition) is 4. The Balaban J connectivity index is 1.65. The number of aromatic nitrogens is 1. The fraction of sp³-hybridized carbons (Fsp3) is 0.263. The highest BCUT2D eigenvalue weighted by Gasteiger charge is 2.30. The van der Waals surface area contributed by atoms with E-state index in [-0.39, 0.29) is 11.2 Å². The van der Waals surface area contributed by atoms with Crippen molar-refractivity contribution in [2.75, 3.05) is 13.1 Å². The van der Waals surface area contributed by atoms with E-state index in [0.717, 1.165) is 42.6 Å². The first-order valence-corrected chi connectivity index (χ1v) is 9.05. The predicted octanol–water partition coefficient (Wildman–Crippen LogP) is 4.28. The number of amides is 1. The average Bonchev–Trinajstić information content (AvgIpc) is 3.29. The molecule has 0 spiro atoms. The largest absolute Gasteiger partial charge is 0.431 e. The molecule has 24 heavy (non-hydrogen) atoms. The Bertz CT molecular complexity index is 808. The summed E-state index contributed by atoms with van der Waals surface area (Å²) in [5.74, 6) is 0.144. The van der Waals surface area contributed by atoms with Crippen LogP contribution in [0.3, 0.4) is 0 Å². The van der Waals surface area contributed by atoms with E-state index in [0.29, 0.717) is 5.22 Å². The highest BCUT2D eigenvalue weighted by atomic mass is 32.2. The van der Waals surface area contributed by atoms with Gasteiger partial charge >= 0.3 is 0 Å². The SMILES string of the molecule is O=C([C@@H](Sc1nc2ccccc2o1)c1ccccc1)N1CCCC1. The van der Waals surface area contributed by atoms with Crippen LogP contribution in [0.25, 0.3) is 11.1 Å². The molecule has 5 heteroatoms. The number of carbonyl (C=O) groups is 1. The molecule has 122 valence electrons. The molecule has 4 nitrogen and oxygen atoms in total. The molecule has 0 saturated carbocycles. The number of likely N-dealkylation sites (tertiary alicyclic amines) is 1. The third-order valence-corrected chi connectivity index (χ3v) is 5.32. The lowest BCUT2D eigenvalue weighted by molar-refractivity contribution is -0.129. The lowest BCUT2D eigenvalue weighted by atomic mass is 10.1. The van der Waals surface area contributed by atoms with Crippen molar-refractivity contribution in [1.29, 1.82) is 0 Å². The molecule has 1 amide bonds. The molecule has 1 aliphatic heterocycles. The van der Waals surface area contributed by atoms with Crippen LogP contribution in [0.15, 0.2) is 64.2 Å². The van der Waals surface area contributed by atoms with Gasteiger partial charge in [-0.15, -0.1) is 0 Å². The molecule has 1 aromatic heterocycles. The van der Waals surface area contributed by atoms with E-state index < -0.39 is 0 Å². The second kappa shape index (κ2) is 6.69. The van der Waals surface area contributed by atoms with Crippen LogP contribution in [0.5, 0.6) is 0 Å². The van der Waals surface area contributed by atoms with Crippen LogP contribution in [-0.2, 0) is 4.79 Å². The summed E-state index contributed by atoms with van der Waals surface area (Å²) >= 11 is 1.39. The summed E-state index contributed by atoms with van der Waals surface area (Å²) in [4.78, 5) is 19.5. The summed E-state index contributed by atoms with van der Waals surface area (Å²) in [6, 6.07) is 17.6. The second-order valence-corrected chi connectivity index (χ2v) is 6.94. The van der Waals surface area contributed by atoms with E-state index in [4.69, 9.17) is 4.42 Å². The predicted molar refractivity (Wildman–Crippen MR) is 94.9 cm³/mol. The van der Waals surface area contributed by atoms with Gasteiger partial charge in [0.1, 0.15) is 10.8 Å². The smallest absolute Gasteiger partial charge is 0.257 e. The van der Waals surface area contributed by atoms with Crippen molar-refractivity contribution in [3.05, 3.63) is 60.2 Å². The van der Waals surface area contributed by atoms with E-state index in [2.05, 4.69) is 4.98 Å². The highest BCUT2D eigenvalue weighted by molar-refractivity contribution is 8.00. The summed E-state index contributed by atoms with van der Waals surface area (Å²) in [6.07, 6.45) is 2.17. The zero-order valence-corrected chi connectivity index (χ0v) is 14.0. The lowest BCUT2D eigenvalue weighted by Crippen LogP contribution is -2.31. The Morgan fingerprint density at radius 2 is 1.75 bits per heavy atom. The topological polar surface area (TPSA) is 46.3 Å². The third kappa shape index (κ3) is 3.04. The fourth-order valence-electron chi connectivity index (χ4n) is 2.99. The molecular weight excluding hydrogens is 320 g/mol. The first kappa shape index (κ1) is 15.3. The quantitative estimate of drug-likeness (QED) is 0.666. The number of thioether (sulfide) groups is 1. The van der Waals surface area contributed by atoms with Crippen molar-refractivity contribution in [2.24, 2.45) is 0 Å². The number of para-hydroxylation sites is 2. The van der Waals surface area contributed by atoms with Crippen molar-refractivity contribution in [2.45, 2.75) is 23.3 Å². The molecule has 3 aromatic rings. The molecule has 2 heterocycles. The van der Waals surface area contributed by atoms with Gasteiger partial charge in [-0.3, -0.25) is 4.79 Å². The molecule has 0 aliphatic carbocycles. The number of hydrogen-bond donors (Lipinski definition) is 0. The monoisotopic (exact) mass is 338 g/mol. The van der Waals surface area contributed by atoms with Gasteiger partial charge in [0.05, 0.1) is 0 Å². The molecule has 4 rings (SSSR count). The van der Waals surface area contributed by atoms with Gasteiger partial charge in [-0.05, 0) is 42.3 Å². The van der Waals surface area contributed by atoms with Crippen molar-refractivity contribution < 1.29 is 9.21 Å². The maximum absolute atomic E-state index is 13.0. The molecule has 0 radical (unpaired) electrons. The average molecular weight is 338 g/mol. The van der Waals surface area contributed by atoms with Crippen molar-refractivity contribution in [1.82, 2.24) is 9.88 Å². The summed E-state index contributed by atoms with van der Waals surface area (Å²) in [7, 11) is 0. The zero-order valence-electron chi connectivity index (χ0n) is 13.2. The molecule has 0 unspecified atom stereocenters. The lowest BCUT2D eigenvalue weighted by Gasteiger charge is -2.22. The van der Waals surface area contributed by atoms with E-state index in [1.807, 2.05) is 59.5 Å². The Morgan fingerprint density at radius 1 is 1.04 bits per heavy atom. The minimum Gasteiger partial charge on any atom is -0.431 e. The molecule has 0 N–H and O–H groups in total.